The fourth-order valence-electron chi connectivity index (χ4n) is 1.79. The van der Waals surface area contributed by atoms with Gasteiger partial charge in [-0.15, -0.1) is 0 Å². The maximum Gasteiger partial charge on any atom is 0.337 e. The second-order valence-corrected chi connectivity index (χ2v) is 4.06. The molecular formula is C14H9F2NO3. The Bertz CT molecular complexity index is 693. The molecule has 0 aliphatic heterocycles. The highest BCUT2D eigenvalue weighted by atomic mass is 19.1. The quantitative estimate of drug-likeness (QED) is 0.667. The normalized spacial score (nSPS) is 10.3. The molecule has 2 aromatic rings. The lowest BCUT2D eigenvalue weighted by atomic mass is 9.99. The number of halogens is 2. The number of rotatable bonds is 3. The molecule has 0 saturated carbocycles. The number of nitrogen functional groups attached to an aromatic ring is 1. The van der Waals surface area contributed by atoms with Crippen molar-refractivity contribution in [3.8, 4) is 0 Å². The van der Waals surface area contributed by atoms with Crippen molar-refractivity contribution in [1.29, 1.82) is 0 Å². The van der Waals surface area contributed by atoms with Crippen LogP contribution in [0.4, 0.5) is 14.5 Å². The fourth-order valence-corrected chi connectivity index (χ4v) is 1.79. The van der Waals surface area contributed by atoms with Crippen LogP contribution in [0.3, 0.4) is 0 Å². The molecule has 0 radical (unpaired) electrons. The van der Waals surface area contributed by atoms with Crippen molar-refractivity contribution in [3.63, 3.8) is 0 Å². The summed E-state index contributed by atoms with van der Waals surface area (Å²) in [6, 6.07) is 6.22. The maximum atomic E-state index is 13.1. The largest absolute Gasteiger partial charge is 0.478 e. The average molecular weight is 277 g/mol. The number of ketones is 1. The molecule has 0 heterocycles. The molecule has 3 N–H and O–H groups in total. The summed E-state index contributed by atoms with van der Waals surface area (Å²) >= 11 is 0. The monoisotopic (exact) mass is 277 g/mol. The van der Waals surface area contributed by atoms with E-state index < -0.39 is 23.4 Å². The zero-order chi connectivity index (χ0) is 14.9. The van der Waals surface area contributed by atoms with Crippen LogP contribution in [0.15, 0.2) is 36.4 Å². The first-order valence-corrected chi connectivity index (χ1v) is 5.52. The van der Waals surface area contributed by atoms with Gasteiger partial charge in [-0.2, -0.15) is 0 Å². The highest BCUT2D eigenvalue weighted by Crippen LogP contribution is 2.22. The van der Waals surface area contributed by atoms with E-state index in [1.807, 2.05) is 0 Å². The van der Waals surface area contributed by atoms with Gasteiger partial charge in [-0.25, -0.2) is 13.6 Å². The summed E-state index contributed by atoms with van der Waals surface area (Å²) in [5.41, 5.74) is 4.77. The highest BCUT2D eigenvalue weighted by Gasteiger charge is 2.18. The van der Waals surface area contributed by atoms with E-state index in [4.69, 9.17) is 10.8 Å². The number of carbonyl (C=O) groups excluding carboxylic acids is 1. The van der Waals surface area contributed by atoms with Crippen LogP contribution in [0.2, 0.25) is 0 Å². The third-order valence-electron chi connectivity index (χ3n) is 2.71. The average Bonchev–Trinajstić information content (AvgIpc) is 2.36. The smallest absolute Gasteiger partial charge is 0.337 e. The van der Waals surface area contributed by atoms with E-state index in [1.54, 1.807) is 0 Å². The van der Waals surface area contributed by atoms with Crippen molar-refractivity contribution in [1.82, 2.24) is 0 Å². The predicted octanol–water partition coefficient (Wildman–Crippen LogP) is 2.48. The van der Waals surface area contributed by atoms with E-state index in [2.05, 4.69) is 0 Å². The molecule has 6 heteroatoms. The lowest BCUT2D eigenvalue weighted by Crippen LogP contribution is -2.10. The molecule has 0 unspecified atom stereocenters. The van der Waals surface area contributed by atoms with Crippen molar-refractivity contribution in [2.45, 2.75) is 0 Å². The molecule has 0 spiro atoms. The van der Waals surface area contributed by atoms with Crippen LogP contribution < -0.4 is 5.73 Å². The maximum absolute atomic E-state index is 13.1. The number of carboxylic acid groups (broad SMARTS) is 1. The summed E-state index contributed by atoms with van der Waals surface area (Å²) < 4.78 is 26.2. The van der Waals surface area contributed by atoms with E-state index in [9.17, 15) is 18.4 Å². The molecule has 102 valence electrons. The van der Waals surface area contributed by atoms with Gasteiger partial charge in [-0.3, -0.25) is 4.79 Å². The van der Waals surface area contributed by atoms with E-state index in [0.717, 1.165) is 12.1 Å². The highest BCUT2D eigenvalue weighted by molar-refractivity contribution is 6.14. The summed E-state index contributed by atoms with van der Waals surface area (Å²) in [6.45, 7) is 0. The Morgan fingerprint density at radius 1 is 1.00 bits per heavy atom. The van der Waals surface area contributed by atoms with Crippen molar-refractivity contribution >= 4 is 17.4 Å². The second-order valence-electron chi connectivity index (χ2n) is 4.06. The lowest BCUT2D eigenvalue weighted by molar-refractivity contribution is 0.0698. The van der Waals surface area contributed by atoms with Gasteiger partial charge < -0.3 is 10.8 Å². The van der Waals surface area contributed by atoms with Crippen molar-refractivity contribution in [2.75, 3.05) is 5.73 Å². The Hall–Kier alpha value is -2.76. The molecule has 2 rings (SSSR count). The van der Waals surface area contributed by atoms with Crippen LogP contribution in [0.1, 0.15) is 26.3 Å². The molecule has 2 aromatic carbocycles. The number of carboxylic acids is 1. The molecule has 0 atom stereocenters. The van der Waals surface area contributed by atoms with Crippen LogP contribution in [-0.4, -0.2) is 16.9 Å². The molecule has 0 fully saturated rings. The first-order chi connectivity index (χ1) is 9.40. The van der Waals surface area contributed by atoms with E-state index in [0.29, 0.717) is 6.07 Å². The number of carbonyl (C=O) groups is 2. The summed E-state index contributed by atoms with van der Waals surface area (Å²) in [4.78, 5) is 23.1. The Labute approximate surface area is 112 Å². The van der Waals surface area contributed by atoms with Crippen LogP contribution in [0.5, 0.6) is 0 Å². The van der Waals surface area contributed by atoms with Gasteiger partial charge in [-0.05, 0) is 24.3 Å². The van der Waals surface area contributed by atoms with Gasteiger partial charge in [0.25, 0.3) is 0 Å². The van der Waals surface area contributed by atoms with E-state index in [-0.39, 0.29) is 22.4 Å². The first kappa shape index (κ1) is 13.7. The molecule has 20 heavy (non-hydrogen) atoms. The minimum atomic E-state index is -1.29. The number of aromatic carboxylic acids is 1. The van der Waals surface area contributed by atoms with Gasteiger partial charge >= 0.3 is 5.97 Å². The molecular weight excluding hydrogens is 268 g/mol. The Morgan fingerprint density at radius 2 is 1.55 bits per heavy atom. The van der Waals surface area contributed by atoms with Gasteiger partial charge in [-0.1, -0.05) is 6.07 Å². The van der Waals surface area contributed by atoms with Crippen LogP contribution in [-0.2, 0) is 0 Å². The standard InChI is InChI=1S/C14H9F2NO3/c15-8-4-7(5-9(16)6-8)13(18)10-2-1-3-11(12(10)17)14(19)20/h1-6H,17H2,(H,19,20). The number of anilines is 1. The van der Waals surface area contributed by atoms with Crippen LogP contribution >= 0.6 is 0 Å². The molecule has 0 bridgehead atoms. The number of para-hydroxylation sites is 1. The fraction of sp³-hybridized carbons (Fsp3) is 0. The molecule has 0 aromatic heterocycles. The van der Waals surface area contributed by atoms with Gasteiger partial charge in [0.1, 0.15) is 11.6 Å². The Morgan fingerprint density at radius 3 is 2.10 bits per heavy atom. The molecule has 0 aliphatic carbocycles. The zero-order valence-electron chi connectivity index (χ0n) is 10.1. The Balaban J connectivity index is 2.54. The molecule has 0 saturated heterocycles. The van der Waals surface area contributed by atoms with Gasteiger partial charge in [0.05, 0.1) is 11.3 Å². The summed E-state index contributed by atoms with van der Waals surface area (Å²) in [5.74, 6) is -3.84. The topological polar surface area (TPSA) is 80.4 Å². The van der Waals surface area contributed by atoms with Crippen molar-refractivity contribution in [3.05, 3.63) is 64.7 Å². The van der Waals surface area contributed by atoms with Crippen molar-refractivity contribution in [2.24, 2.45) is 0 Å². The zero-order valence-corrected chi connectivity index (χ0v) is 10.1. The molecule has 0 amide bonds. The number of benzene rings is 2. The summed E-state index contributed by atoms with van der Waals surface area (Å²) in [5, 5.41) is 8.92. The third-order valence-corrected chi connectivity index (χ3v) is 2.71. The van der Waals surface area contributed by atoms with Gasteiger partial charge in [0, 0.05) is 17.2 Å². The minimum Gasteiger partial charge on any atom is -0.478 e. The van der Waals surface area contributed by atoms with Crippen LogP contribution in [0, 0.1) is 11.6 Å². The third kappa shape index (κ3) is 2.49. The van der Waals surface area contributed by atoms with Crippen molar-refractivity contribution < 1.29 is 23.5 Å². The van der Waals surface area contributed by atoms with E-state index in [1.165, 1.54) is 18.2 Å². The van der Waals surface area contributed by atoms with Crippen LogP contribution in [0.25, 0.3) is 0 Å². The Kier molecular flexibility index (Phi) is 3.47. The van der Waals surface area contributed by atoms with E-state index >= 15 is 0 Å². The SMILES string of the molecule is Nc1c(C(=O)O)cccc1C(=O)c1cc(F)cc(F)c1. The number of nitrogens with two attached hydrogens (primary N) is 1. The molecule has 0 aliphatic rings. The molecule has 4 nitrogen and oxygen atoms in total. The summed E-state index contributed by atoms with van der Waals surface area (Å²) in [7, 11) is 0. The number of hydrogen-bond acceptors (Lipinski definition) is 3. The predicted molar refractivity (Wildman–Crippen MR) is 67.6 cm³/mol. The lowest BCUT2D eigenvalue weighted by Gasteiger charge is -2.08. The van der Waals surface area contributed by atoms with Gasteiger partial charge in [0.2, 0.25) is 0 Å². The van der Waals surface area contributed by atoms with Gasteiger partial charge in [0.15, 0.2) is 5.78 Å². The second kappa shape index (κ2) is 5.08. The minimum absolute atomic E-state index is 0.116. The summed E-state index contributed by atoms with van der Waals surface area (Å²) in [6.07, 6.45) is 0. The number of hydrogen-bond donors (Lipinski definition) is 2. The first-order valence-electron chi connectivity index (χ1n) is 5.52.